The van der Waals surface area contributed by atoms with E-state index in [1.54, 1.807) is 19.3 Å². The molecule has 0 spiro atoms. The molecule has 0 fully saturated rings. The number of rotatable bonds is 6. The molecular weight excluding hydrogens is 397 g/mol. The van der Waals surface area contributed by atoms with E-state index in [1.807, 2.05) is 41.0 Å². The highest BCUT2D eigenvalue weighted by Crippen LogP contribution is 2.37. The molecule has 0 bridgehead atoms. The predicted octanol–water partition coefficient (Wildman–Crippen LogP) is 5.09. The Morgan fingerprint density at radius 2 is 2.04 bits per heavy atom. The van der Waals surface area contributed by atoms with Crippen LogP contribution in [0.1, 0.15) is 22.2 Å². The Morgan fingerprint density at radius 1 is 1.21 bits per heavy atom. The van der Waals surface area contributed by atoms with Gasteiger partial charge < -0.3 is 4.74 Å². The molecule has 5 nitrogen and oxygen atoms in total. The van der Waals surface area contributed by atoms with E-state index in [4.69, 9.17) is 4.74 Å². The normalized spacial score (nSPS) is 11.1. The first-order valence-electron chi connectivity index (χ1n) is 8.64. The Balaban J connectivity index is 1.70. The second-order valence-electron chi connectivity index (χ2n) is 5.85. The highest BCUT2D eigenvalue weighted by atomic mass is 32.2. The van der Waals surface area contributed by atoms with Crippen LogP contribution >= 0.6 is 23.1 Å². The molecule has 8 heteroatoms. The average Bonchev–Trinajstić information content (AvgIpc) is 3.32. The average molecular weight is 413 g/mol. The molecule has 0 amide bonds. The summed E-state index contributed by atoms with van der Waals surface area (Å²) in [4.78, 5) is 12.9. The number of hydrogen-bond donors (Lipinski definition) is 0. The zero-order chi connectivity index (χ0) is 19.5. The Hall–Kier alpha value is -2.71. The molecule has 2 aromatic carbocycles. The van der Waals surface area contributed by atoms with Crippen LogP contribution in [0.3, 0.4) is 0 Å². The van der Waals surface area contributed by atoms with Crippen LogP contribution in [0.15, 0.2) is 60.0 Å². The lowest BCUT2D eigenvalue weighted by Gasteiger charge is -2.07. The molecule has 28 heavy (non-hydrogen) atoms. The molecular formula is C20H16FN3O2S2. The smallest absolute Gasteiger partial charge is 0.348 e. The van der Waals surface area contributed by atoms with Crippen molar-refractivity contribution >= 4 is 39.2 Å². The van der Waals surface area contributed by atoms with E-state index in [-0.39, 0.29) is 12.4 Å². The van der Waals surface area contributed by atoms with Crippen molar-refractivity contribution < 1.29 is 13.9 Å². The number of thiophene rings is 1. The minimum atomic E-state index is -0.428. The van der Waals surface area contributed by atoms with Gasteiger partial charge >= 0.3 is 5.97 Å². The van der Waals surface area contributed by atoms with Crippen molar-refractivity contribution in [2.24, 2.45) is 0 Å². The Kier molecular flexibility index (Phi) is 5.40. The van der Waals surface area contributed by atoms with Crippen LogP contribution in [-0.4, -0.2) is 27.3 Å². The maximum absolute atomic E-state index is 14.5. The zero-order valence-corrected chi connectivity index (χ0v) is 16.6. The fourth-order valence-electron chi connectivity index (χ4n) is 2.89. The first kappa shape index (κ1) is 18.6. The van der Waals surface area contributed by atoms with Gasteiger partial charge in [0.05, 0.1) is 6.61 Å². The van der Waals surface area contributed by atoms with Crippen molar-refractivity contribution in [3.05, 3.63) is 71.1 Å². The van der Waals surface area contributed by atoms with Gasteiger partial charge in [-0.25, -0.2) is 9.18 Å². The Bertz CT molecular complexity index is 1130. The van der Waals surface area contributed by atoms with Crippen LogP contribution in [0, 0.1) is 5.82 Å². The molecule has 2 heterocycles. The molecule has 142 valence electrons. The maximum atomic E-state index is 14.5. The monoisotopic (exact) mass is 413 g/mol. The number of aromatic nitrogens is 3. The third-order valence-electron chi connectivity index (χ3n) is 4.12. The van der Waals surface area contributed by atoms with Crippen molar-refractivity contribution in [1.82, 2.24) is 14.8 Å². The van der Waals surface area contributed by atoms with Crippen molar-refractivity contribution in [3.8, 4) is 5.69 Å². The van der Waals surface area contributed by atoms with Crippen LogP contribution in [-0.2, 0) is 10.5 Å². The van der Waals surface area contributed by atoms with Crippen molar-refractivity contribution in [2.75, 3.05) is 6.61 Å². The summed E-state index contributed by atoms with van der Waals surface area (Å²) in [6.45, 7) is 2.02. The van der Waals surface area contributed by atoms with E-state index in [0.29, 0.717) is 26.7 Å². The highest BCUT2D eigenvalue weighted by molar-refractivity contribution is 7.98. The van der Waals surface area contributed by atoms with Gasteiger partial charge in [-0.15, -0.1) is 21.5 Å². The molecule has 0 radical (unpaired) electrons. The fraction of sp³-hybridized carbons (Fsp3) is 0.150. The number of thioether (sulfide) groups is 1. The molecule has 4 aromatic rings. The van der Waals surface area contributed by atoms with Crippen LogP contribution in [0.4, 0.5) is 4.39 Å². The van der Waals surface area contributed by atoms with Gasteiger partial charge in [0, 0.05) is 21.5 Å². The van der Waals surface area contributed by atoms with Gasteiger partial charge in [-0.2, -0.15) is 0 Å². The number of ether oxygens (including phenoxy) is 1. The van der Waals surface area contributed by atoms with Crippen molar-refractivity contribution in [3.63, 3.8) is 0 Å². The zero-order valence-electron chi connectivity index (χ0n) is 15.0. The second kappa shape index (κ2) is 8.12. The molecule has 0 unspecified atom stereocenters. The first-order chi connectivity index (χ1) is 13.7. The highest BCUT2D eigenvalue weighted by Gasteiger charge is 2.22. The standard InChI is InChI=1S/C20H16FN3O2S2/c1-2-26-19(25)18-14(17-15(21)9-6-10-16(17)28-18)11-27-20-23-22-12-24(20)13-7-4-3-5-8-13/h3-10,12H,2,11H2,1H3. The van der Waals surface area contributed by atoms with E-state index in [0.717, 1.165) is 10.4 Å². The summed E-state index contributed by atoms with van der Waals surface area (Å²) >= 11 is 2.65. The largest absolute Gasteiger partial charge is 0.462 e. The number of benzene rings is 2. The number of esters is 1. The lowest BCUT2D eigenvalue weighted by Crippen LogP contribution is -2.05. The number of para-hydroxylation sites is 1. The third kappa shape index (κ3) is 3.53. The molecule has 4 rings (SSSR count). The van der Waals surface area contributed by atoms with Gasteiger partial charge in [-0.05, 0) is 36.8 Å². The second-order valence-corrected chi connectivity index (χ2v) is 7.85. The number of halogens is 1. The quantitative estimate of drug-likeness (QED) is 0.325. The number of hydrogen-bond acceptors (Lipinski definition) is 6. The molecule has 0 atom stereocenters. The minimum absolute atomic E-state index is 0.268. The van der Waals surface area contributed by atoms with E-state index in [9.17, 15) is 9.18 Å². The van der Waals surface area contributed by atoms with E-state index >= 15 is 0 Å². The van der Waals surface area contributed by atoms with Crippen LogP contribution in [0.2, 0.25) is 0 Å². The summed E-state index contributed by atoms with van der Waals surface area (Å²) in [5.41, 5.74) is 1.56. The van der Waals surface area contributed by atoms with Crippen LogP contribution < -0.4 is 0 Å². The molecule has 0 saturated heterocycles. The van der Waals surface area contributed by atoms with E-state index in [2.05, 4.69) is 10.2 Å². The summed E-state index contributed by atoms with van der Waals surface area (Å²) in [5.74, 6) is -0.395. The fourth-order valence-corrected chi connectivity index (χ4v) is 5.07. The SMILES string of the molecule is CCOC(=O)c1sc2cccc(F)c2c1CSc1nncn1-c1ccccc1. The molecule has 0 aliphatic rings. The number of nitrogens with zero attached hydrogens (tertiary/aromatic N) is 3. The van der Waals surface area contributed by atoms with Gasteiger partial charge in [0.2, 0.25) is 0 Å². The first-order valence-corrected chi connectivity index (χ1v) is 10.4. The third-order valence-corrected chi connectivity index (χ3v) is 6.27. The lowest BCUT2D eigenvalue weighted by atomic mass is 10.1. The summed E-state index contributed by atoms with van der Waals surface area (Å²) in [6.07, 6.45) is 1.64. The van der Waals surface area contributed by atoms with Gasteiger partial charge in [0.15, 0.2) is 5.16 Å². The molecule has 0 saturated carbocycles. The van der Waals surface area contributed by atoms with Crippen LogP contribution in [0.5, 0.6) is 0 Å². The Morgan fingerprint density at radius 3 is 2.82 bits per heavy atom. The summed E-state index contributed by atoms with van der Waals surface area (Å²) in [5, 5.41) is 9.30. The topological polar surface area (TPSA) is 57.0 Å². The molecule has 0 N–H and O–H groups in total. The van der Waals surface area contributed by atoms with E-state index in [1.165, 1.54) is 29.2 Å². The Labute approximate surface area is 169 Å². The molecule has 0 aliphatic carbocycles. The van der Waals surface area contributed by atoms with Gasteiger partial charge in [0.25, 0.3) is 0 Å². The summed E-state index contributed by atoms with van der Waals surface area (Å²) in [7, 11) is 0. The number of carbonyl (C=O) groups excluding carboxylic acids is 1. The van der Waals surface area contributed by atoms with Gasteiger partial charge in [0.1, 0.15) is 17.0 Å². The van der Waals surface area contributed by atoms with Crippen LogP contribution in [0.25, 0.3) is 15.8 Å². The van der Waals surface area contributed by atoms with Crippen molar-refractivity contribution in [2.45, 2.75) is 17.8 Å². The summed E-state index contributed by atoms with van der Waals surface area (Å²) < 4.78 is 22.3. The number of carbonyl (C=O) groups is 1. The minimum Gasteiger partial charge on any atom is -0.462 e. The van der Waals surface area contributed by atoms with Crippen molar-refractivity contribution in [1.29, 1.82) is 0 Å². The van der Waals surface area contributed by atoms with E-state index < -0.39 is 5.97 Å². The summed E-state index contributed by atoms with van der Waals surface area (Å²) in [6, 6.07) is 14.6. The van der Waals surface area contributed by atoms with Gasteiger partial charge in [-0.3, -0.25) is 4.57 Å². The maximum Gasteiger partial charge on any atom is 0.348 e. The van der Waals surface area contributed by atoms with Gasteiger partial charge in [-0.1, -0.05) is 36.0 Å². The molecule has 0 aliphatic heterocycles. The lowest BCUT2D eigenvalue weighted by molar-refractivity contribution is 0.0531. The molecule has 2 aromatic heterocycles. The number of fused-ring (bicyclic) bond motifs is 1. The predicted molar refractivity (Wildman–Crippen MR) is 109 cm³/mol.